The van der Waals surface area contributed by atoms with Gasteiger partial charge in [-0.1, -0.05) is 18.2 Å². The van der Waals surface area contributed by atoms with E-state index in [1.807, 2.05) is 31.2 Å². The van der Waals surface area contributed by atoms with Crippen molar-refractivity contribution in [1.29, 1.82) is 5.26 Å². The second-order valence-corrected chi connectivity index (χ2v) is 7.16. The smallest absolute Gasteiger partial charge is 0.270 e. The molecule has 2 amide bonds. The lowest BCUT2D eigenvalue weighted by Gasteiger charge is -2.29. The third-order valence-corrected chi connectivity index (χ3v) is 5.15. The Morgan fingerprint density at radius 1 is 1.16 bits per heavy atom. The zero-order valence-electron chi connectivity index (χ0n) is 16.7. The van der Waals surface area contributed by atoms with Gasteiger partial charge in [-0.25, -0.2) is 0 Å². The topological polar surface area (TPSA) is 87.4 Å². The van der Waals surface area contributed by atoms with Crippen LogP contribution in [0.25, 0.3) is 17.0 Å². The van der Waals surface area contributed by atoms with Crippen LogP contribution >= 0.6 is 12.2 Å². The third-order valence-electron chi connectivity index (χ3n) is 4.87. The van der Waals surface area contributed by atoms with Gasteiger partial charge in [-0.15, -0.1) is 0 Å². The van der Waals surface area contributed by atoms with E-state index in [0.717, 1.165) is 10.9 Å². The molecule has 1 fully saturated rings. The number of hydrogen-bond donors (Lipinski definition) is 1. The molecule has 0 radical (unpaired) electrons. The Morgan fingerprint density at radius 2 is 1.90 bits per heavy atom. The van der Waals surface area contributed by atoms with Crippen LogP contribution < -0.4 is 15.0 Å². The van der Waals surface area contributed by atoms with Gasteiger partial charge in [-0.05, 0) is 55.5 Å². The predicted octanol–water partition coefficient (Wildman–Crippen LogP) is 3.39. The first kappa shape index (κ1) is 20.3. The van der Waals surface area contributed by atoms with Gasteiger partial charge in [0.1, 0.15) is 17.9 Å². The molecule has 7 nitrogen and oxygen atoms in total. The highest BCUT2D eigenvalue weighted by atomic mass is 32.1. The van der Waals surface area contributed by atoms with Crippen molar-refractivity contribution >= 4 is 51.8 Å². The summed E-state index contributed by atoms with van der Waals surface area (Å²) in [6.07, 6.45) is 3.30. The van der Waals surface area contributed by atoms with E-state index in [1.165, 1.54) is 11.0 Å². The van der Waals surface area contributed by atoms with E-state index in [4.69, 9.17) is 22.2 Å². The third kappa shape index (κ3) is 3.79. The Hall–Kier alpha value is -3.96. The quantitative estimate of drug-likeness (QED) is 0.381. The zero-order chi connectivity index (χ0) is 22.0. The molecule has 0 saturated carbocycles. The van der Waals surface area contributed by atoms with Crippen molar-refractivity contribution in [3.63, 3.8) is 0 Å². The highest BCUT2D eigenvalue weighted by molar-refractivity contribution is 7.80. The van der Waals surface area contributed by atoms with Gasteiger partial charge in [0.15, 0.2) is 5.11 Å². The van der Waals surface area contributed by atoms with Crippen LogP contribution in [0.1, 0.15) is 12.5 Å². The van der Waals surface area contributed by atoms with Gasteiger partial charge < -0.3 is 9.30 Å². The molecule has 1 saturated heterocycles. The molecule has 31 heavy (non-hydrogen) atoms. The summed E-state index contributed by atoms with van der Waals surface area (Å²) in [7, 11) is 0. The fourth-order valence-electron chi connectivity index (χ4n) is 3.50. The normalized spacial score (nSPS) is 15.3. The summed E-state index contributed by atoms with van der Waals surface area (Å²) in [5, 5.41) is 12.5. The van der Waals surface area contributed by atoms with Crippen molar-refractivity contribution in [2.45, 2.75) is 13.5 Å². The molecule has 0 aliphatic carbocycles. The minimum atomic E-state index is -0.561. The van der Waals surface area contributed by atoms with E-state index in [9.17, 15) is 9.59 Å². The second-order valence-electron chi connectivity index (χ2n) is 6.77. The number of rotatable bonds is 5. The standard InChI is InChI=1S/C23H18N4O3S/c1-2-30-17-9-7-16(8-10-17)27-22(29)19(21(28)25-23(27)31)13-15-14-26(12-11-24)20-6-4-3-5-18(15)20/h3-10,13-14H,2,12H2,1H3,(H,25,28,31)/b19-13+. The maximum absolute atomic E-state index is 13.2. The lowest BCUT2D eigenvalue weighted by Crippen LogP contribution is -2.54. The largest absolute Gasteiger partial charge is 0.494 e. The molecule has 4 rings (SSSR count). The maximum atomic E-state index is 13.2. The SMILES string of the molecule is CCOc1ccc(N2C(=O)/C(=C/c3cn(CC#N)c4ccccc34)C(=O)NC2=S)cc1. The first-order valence-electron chi connectivity index (χ1n) is 9.62. The van der Waals surface area contributed by atoms with E-state index in [2.05, 4.69) is 11.4 Å². The van der Waals surface area contributed by atoms with Crippen LogP contribution in [0.2, 0.25) is 0 Å². The number of thiocarbonyl (C=S) groups is 1. The number of nitriles is 1. The number of amides is 2. The first-order chi connectivity index (χ1) is 15.0. The summed E-state index contributed by atoms with van der Waals surface area (Å²) in [5.41, 5.74) is 2.00. The fraction of sp³-hybridized carbons (Fsp3) is 0.130. The van der Waals surface area contributed by atoms with Crippen molar-refractivity contribution in [3.05, 3.63) is 65.9 Å². The van der Waals surface area contributed by atoms with E-state index < -0.39 is 11.8 Å². The van der Waals surface area contributed by atoms with Crippen molar-refractivity contribution in [2.24, 2.45) is 0 Å². The summed E-state index contributed by atoms with van der Waals surface area (Å²) < 4.78 is 7.22. The number of benzene rings is 2. The molecule has 0 atom stereocenters. The summed E-state index contributed by atoms with van der Waals surface area (Å²) in [4.78, 5) is 27.1. The molecule has 0 spiro atoms. The van der Waals surface area contributed by atoms with Crippen molar-refractivity contribution in [1.82, 2.24) is 9.88 Å². The van der Waals surface area contributed by atoms with Crippen molar-refractivity contribution < 1.29 is 14.3 Å². The summed E-state index contributed by atoms with van der Waals surface area (Å²) in [6.45, 7) is 2.58. The highest BCUT2D eigenvalue weighted by Gasteiger charge is 2.34. The number of anilines is 1. The minimum absolute atomic E-state index is 0.0169. The number of fused-ring (bicyclic) bond motifs is 1. The predicted molar refractivity (Wildman–Crippen MR) is 121 cm³/mol. The molecule has 8 heteroatoms. The Kier molecular flexibility index (Phi) is 5.52. The van der Waals surface area contributed by atoms with Gasteiger partial charge in [0.05, 0.1) is 18.4 Å². The van der Waals surface area contributed by atoms with Crippen molar-refractivity contribution in [3.8, 4) is 11.8 Å². The number of nitrogens with one attached hydrogen (secondary N) is 1. The second kappa shape index (κ2) is 8.42. The van der Waals surface area contributed by atoms with Gasteiger partial charge in [-0.3, -0.25) is 19.8 Å². The van der Waals surface area contributed by atoms with Gasteiger partial charge in [0.25, 0.3) is 11.8 Å². The summed E-state index contributed by atoms with van der Waals surface area (Å²) >= 11 is 5.26. The molecule has 1 aromatic heterocycles. The van der Waals surface area contributed by atoms with Crippen LogP contribution in [0.3, 0.4) is 0 Å². The maximum Gasteiger partial charge on any atom is 0.270 e. The first-order valence-corrected chi connectivity index (χ1v) is 10.0. The average molecular weight is 430 g/mol. The lowest BCUT2D eigenvalue weighted by atomic mass is 10.1. The fourth-order valence-corrected chi connectivity index (χ4v) is 3.78. The number of aromatic nitrogens is 1. The molecule has 0 bridgehead atoms. The molecule has 3 aromatic rings. The van der Waals surface area contributed by atoms with Crippen LogP contribution in [0.4, 0.5) is 5.69 Å². The summed E-state index contributed by atoms with van der Waals surface area (Å²) in [6, 6.07) is 16.5. The number of ether oxygens (including phenoxy) is 1. The van der Waals surface area contributed by atoms with E-state index in [0.29, 0.717) is 23.6 Å². The molecule has 1 aliphatic heterocycles. The molecule has 154 valence electrons. The Morgan fingerprint density at radius 3 is 2.61 bits per heavy atom. The molecule has 2 heterocycles. The van der Waals surface area contributed by atoms with Gasteiger partial charge >= 0.3 is 0 Å². The number of carbonyl (C=O) groups excluding carboxylic acids is 2. The van der Waals surface area contributed by atoms with E-state index >= 15 is 0 Å². The Labute approximate surface area is 184 Å². The molecular formula is C23H18N4O3S. The molecule has 2 aromatic carbocycles. The Balaban J connectivity index is 1.75. The monoisotopic (exact) mass is 430 g/mol. The zero-order valence-corrected chi connectivity index (χ0v) is 17.5. The molecule has 1 aliphatic rings. The van der Waals surface area contributed by atoms with E-state index in [1.54, 1.807) is 35.0 Å². The number of carbonyl (C=O) groups is 2. The van der Waals surface area contributed by atoms with Crippen molar-refractivity contribution in [2.75, 3.05) is 11.5 Å². The van der Waals surface area contributed by atoms with Gasteiger partial charge in [0, 0.05) is 22.7 Å². The summed E-state index contributed by atoms with van der Waals surface area (Å²) in [5.74, 6) is -0.406. The van der Waals surface area contributed by atoms with Gasteiger partial charge in [0.2, 0.25) is 0 Å². The Bertz CT molecular complexity index is 1270. The number of nitrogens with zero attached hydrogens (tertiary/aromatic N) is 3. The van der Waals surface area contributed by atoms with Crippen LogP contribution in [-0.4, -0.2) is 28.1 Å². The van der Waals surface area contributed by atoms with Crippen LogP contribution in [-0.2, 0) is 16.1 Å². The van der Waals surface area contributed by atoms with Gasteiger partial charge in [-0.2, -0.15) is 5.26 Å². The van der Waals surface area contributed by atoms with Crippen LogP contribution in [0.5, 0.6) is 5.75 Å². The van der Waals surface area contributed by atoms with Crippen LogP contribution in [0.15, 0.2) is 60.3 Å². The number of para-hydroxylation sites is 1. The van der Waals surface area contributed by atoms with Crippen LogP contribution in [0, 0.1) is 11.3 Å². The number of hydrogen-bond acceptors (Lipinski definition) is 5. The average Bonchev–Trinajstić information content (AvgIpc) is 3.10. The lowest BCUT2D eigenvalue weighted by molar-refractivity contribution is -0.122. The minimum Gasteiger partial charge on any atom is -0.494 e. The highest BCUT2D eigenvalue weighted by Crippen LogP contribution is 2.27. The van der Waals surface area contributed by atoms with E-state index in [-0.39, 0.29) is 17.2 Å². The molecule has 1 N–H and O–H groups in total. The molecule has 0 unspecified atom stereocenters. The molecular weight excluding hydrogens is 412 g/mol.